The lowest BCUT2D eigenvalue weighted by molar-refractivity contribution is 0.0959. The fraction of sp³-hybridized carbons (Fsp3) is 0.200. The molecule has 3 rings (SSSR count). The molecule has 21 heavy (non-hydrogen) atoms. The molecular weight excluding hydrogens is 302 g/mol. The zero-order valence-corrected chi connectivity index (χ0v) is 13.2. The number of carbonyl (C=O) groups excluding carboxylic acids is 1. The average Bonchev–Trinajstić information content (AvgIpc) is 3.03. The summed E-state index contributed by atoms with van der Waals surface area (Å²) in [6, 6.07) is 7.80. The Morgan fingerprint density at radius 2 is 2.19 bits per heavy atom. The van der Waals surface area contributed by atoms with E-state index in [2.05, 4.69) is 10.3 Å². The first kappa shape index (κ1) is 14.0. The molecule has 0 unspecified atom stereocenters. The molecule has 0 atom stereocenters. The Hall–Kier alpha value is -1.92. The Morgan fingerprint density at radius 3 is 2.90 bits per heavy atom. The summed E-state index contributed by atoms with van der Waals surface area (Å²) >= 11 is 3.05. The smallest absolute Gasteiger partial charge is 0.263 e. The van der Waals surface area contributed by atoms with Crippen LogP contribution >= 0.6 is 22.7 Å². The van der Waals surface area contributed by atoms with Crippen molar-refractivity contribution in [2.75, 3.05) is 12.3 Å². The molecule has 1 amide bonds. The van der Waals surface area contributed by atoms with E-state index < -0.39 is 0 Å². The highest BCUT2D eigenvalue weighted by Crippen LogP contribution is 2.33. The van der Waals surface area contributed by atoms with Gasteiger partial charge in [-0.1, -0.05) is 18.2 Å². The van der Waals surface area contributed by atoms with Gasteiger partial charge in [0.15, 0.2) is 0 Å². The molecule has 0 aliphatic heterocycles. The summed E-state index contributed by atoms with van der Waals surface area (Å²) in [5, 5.41) is 6.92. The molecule has 0 fully saturated rings. The van der Waals surface area contributed by atoms with Crippen LogP contribution in [0.2, 0.25) is 0 Å². The van der Waals surface area contributed by atoms with Gasteiger partial charge >= 0.3 is 0 Å². The summed E-state index contributed by atoms with van der Waals surface area (Å²) in [5.41, 5.74) is 7.66. The third-order valence-electron chi connectivity index (χ3n) is 3.13. The van der Waals surface area contributed by atoms with Gasteiger partial charge in [0.2, 0.25) is 0 Å². The van der Waals surface area contributed by atoms with Crippen molar-refractivity contribution in [2.24, 2.45) is 0 Å². The van der Waals surface area contributed by atoms with E-state index in [0.29, 0.717) is 17.1 Å². The van der Waals surface area contributed by atoms with Gasteiger partial charge in [-0.15, -0.1) is 22.7 Å². The number of thiazole rings is 1. The number of amides is 1. The largest absolute Gasteiger partial charge is 0.397 e. The fourth-order valence-electron chi connectivity index (χ4n) is 2.11. The SMILES string of the molecule is Cc1csc(CCNC(=O)c2sc3ccccc3c2N)n1. The number of benzene rings is 1. The first-order chi connectivity index (χ1) is 10.1. The Morgan fingerprint density at radius 1 is 1.38 bits per heavy atom. The van der Waals surface area contributed by atoms with Gasteiger partial charge in [0.25, 0.3) is 5.91 Å². The van der Waals surface area contributed by atoms with E-state index in [9.17, 15) is 4.79 Å². The lowest BCUT2D eigenvalue weighted by Gasteiger charge is -2.02. The molecule has 3 N–H and O–H groups in total. The molecule has 0 radical (unpaired) electrons. The molecule has 4 nitrogen and oxygen atoms in total. The van der Waals surface area contributed by atoms with Gasteiger partial charge in [-0.3, -0.25) is 4.79 Å². The maximum Gasteiger partial charge on any atom is 0.263 e. The van der Waals surface area contributed by atoms with Crippen molar-refractivity contribution in [1.82, 2.24) is 10.3 Å². The molecular formula is C15H15N3OS2. The van der Waals surface area contributed by atoms with Crippen LogP contribution in [0.1, 0.15) is 20.4 Å². The number of fused-ring (bicyclic) bond motifs is 1. The lowest BCUT2D eigenvalue weighted by Crippen LogP contribution is -2.25. The Labute approximate surface area is 130 Å². The van der Waals surface area contributed by atoms with Crippen molar-refractivity contribution in [3.05, 3.63) is 45.2 Å². The Kier molecular flexibility index (Phi) is 3.90. The number of nitrogens with two attached hydrogens (primary N) is 1. The van der Waals surface area contributed by atoms with Crippen molar-refractivity contribution in [3.8, 4) is 0 Å². The summed E-state index contributed by atoms with van der Waals surface area (Å²) in [7, 11) is 0. The first-order valence-electron chi connectivity index (χ1n) is 6.61. The summed E-state index contributed by atoms with van der Waals surface area (Å²) in [4.78, 5) is 17.2. The van der Waals surface area contributed by atoms with Crippen LogP contribution in [-0.4, -0.2) is 17.4 Å². The summed E-state index contributed by atoms with van der Waals surface area (Å²) in [6.45, 7) is 2.54. The maximum absolute atomic E-state index is 12.2. The second-order valence-electron chi connectivity index (χ2n) is 4.73. The summed E-state index contributed by atoms with van der Waals surface area (Å²) < 4.78 is 1.04. The summed E-state index contributed by atoms with van der Waals surface area (Å²) in [5.74, 6) is -0.109. The molecule has 6 heteroatoms. The molecule has 0 spiro atoms. The van der Waals surface area contributed by atoms with Gasteiger partial charge in [0, 0.05) is 34.1 Å². The third-order valence-corrected chi connectivity index (χ3v) is 5.34. The maximum atomic E-state index is 12.2. The number of anilines is 1. The van der Waals surface area contributed by atoms with E-state index >= 15 is 0 Å². The van der Waals surface area contributed by atoms with Crippen molar-refractivity contribution in [3.63, 3.8) is 0 Å². The zero-order valence-electron chi connectivity index (χ0n) is 11.6. The number of aromatic nitrogens is 1. The van der Waals surface area contributed by atoms with Crippen LogP contribution in [0.25, 0.3) is 10.1 Å². The molecule has 0 aliphatic rings. The van der Waals surface area contributed by atoms with Gasteiger partial charge in [-0.2, -0.15) is 0 Å². The first-order valence-corrected chi connectivity index (χ1v) is 8.31. The predicted molar refractivity (Wildman–Crippen MR) is 89.1 cm³/mol. The average molecular weight is 317 g/mol. The van der Waals surface area contributed by atoms with E-state index in [1.165, 1.54) is 11.3 Å². The van der Waals surface area contributed by atoms with Crippen LogP contribution in [0.5, 0.6) is 0 Å². The van der Waals surface area contributed by atoms with E-state index in [0.717, 1.165) is 27.2 Å². The van der Waals surface area contributed by atoms with E-state index in [4.69, 9.17) is 5.73 Å². The number of nitrogen functional groups attached to an aromatic ring is 1. The Bertz CT molecular complexity index is 791. The standard InChI is InChI=1S/C15H15N3OS2/c1-9-8-20-12(18-9)6-7-17-15(19)14-13(16)10-4-2-3-5-11(10)21-14/h2-5,8H,6-7,16H2,1H3,(H,17,19). The minimum atomic E-state index is -0.109. The number of nitrogens with one attached hydrogen (secondary N) is 1. The topological polar surface area (TPSA) is 68.0 Å². The molecule has 0 saturated heterocycles. The molecule has 3 aromatic rings. The van der Waals surface area contributed by atoms with Crippen molar-refractivity contribution in [1.29, 1.82) is 0 Å². The number of rotatable bonds is 4. The number of aryl methyl sites for hydroxylation is 1. The minimum Gasteiger partial charge on any atom is -0.397 e. The van der Waals surface area contributed by atoms with Crippen molar-refractivity contribution in [2.45, 2.75) is 13.3 Å². The normalized spacial score (nSPS) is 10.9. The summed E-state index contributed by atoms with van der Waals surface area (Å²) in [6.07, 6.45) is 0.745. The molecule has 0 bridgehead atoms. The molecule has 2 heterocycles. The molecule has 1 aromatic carbocycles. The lowest BCUT2D eigenvalue weighted by atomic mass is 10.2. The monoisotopic (exact) mass is 317 g/mol. The van der Waals surface area contributed by atoms with Crippen LogP contribution in [0, 0.1) is 6.92 Å². The van der Waals surface area contributed by atoms with E-state index in [1.807, 2.05) is 36.6 Å². The fourth-order valence-corrected chi connectivity index (χ4v) is 3.93. The highest BCUT2D eigenvalue weighted by Gasteiger charge is 2.15. The number of hydrogen-bond acceptors (Lipinski definition) is 5. The predicted octanol–water partition coefficient (Wildman–Crippen LogP) is 3.22. The van der Waals surface area contributed by atoms with Gasteiger partial charge in [-0.05, 0) is 13.0 Å². The number of thiophene rings is 1. The Balaban J connectivity index is 1.68. The number of nitrogens with zero attached hydrogens (tertiary/aromatic N) is 1. The van der Waals surface area contributed by atoms with Crippen LogP contribution < -0.4 is 11.1 Å². The van der Waals surface area contributed by atoms with Gasteiger partial charge in [-0.25, -0.2) is 4.98 Å². The quantitative estimate of drug-likeness (QED) is 0.776. The van der Waals surface area contributed by atoms with Gasteiger partial charge in [0.05, 0.1) is 10.7 Å². The van der Waals surface area contributed by atoms with Gasteiger partial charge < -0.3 is 11.1 Å². The number of hydrogen-bond donors (Lipinski definition) is 2. The molecule has 108 valence electrons. The second kappa shape index (κ2) is 5.83. The van der Waals surface area contributed by atoms with Crippen molar-refractivity contribution < 1.29 is 4.79 Å². The van der Waals surface area contributed by atoms with E-state index in [-0.39, 0.29) is 5.91 Å². The highest BCUT2D eigenvalue weighted by atomic mass is 32.1. The van der Waals surface area contributed by atoms with Gasteiger partial charge in [0.1, 0.15) is 4.88 Å². The second-order valence-corrected chi connectivity index (χ2v) is 6.72. The van der Waals surface area contributed by atoms with Crippen molar-refractivity contribution >= 4 is 44.4 Å². The molecule has 2 aromatic heterocycles. The minimum absolute atomic E-state index is 0.109. The highest BCUT2D eigenvalue weighted by molar-refractivity contribution is 7.21. The van der Waals surface area contributed by atoms with Crippen LogP contribution in [0.15, 0.2) is 29.6 Å². The van der Waals surface area contributed by atoms with Crippen LogP contribution in [0.3, 0.4) is 0 Å². The van der Waals surface area contributed by atoms with Crippen LogP contribution in [-0.2, 0) is 6.42 Å². The molecule has 0 aliphatic carbocycles. The van der Waals surface area contributed by atoms with E-state index in [1.54, 1.807) is 11.3 Å². The zero-order chi connectivity index (χ0) is 14.8. The number of carbonyl (C=O) groups is 1. The third kappa shape index (κ3) is 2.91. The van der Waals surface area contributed by atoms with Crippen LogP contribution in [0.4, 0.5) is 5.69 Å². The molecule has 0 saturated carbocycles.